The van der Waals surface area contributed by atoms with Gasteiger partial charge in [0, 0.05) is 12.4 Å². The molecule has 104 valence electrons. The fraction of sp³-hybridized carbons (Fsp3) is 0.182. The number of hydrogen-bond donors (Lipinski definition) is 3. The predicted molar refractivity (Wildman–Crippen MR) is 64.1 cm³/mol. The molecule has 2 aromatic heterocycles. The van der Waals surface area contributed by atoms with E-state index in [9.17, 15) is 14.4 Å². The lowest BCUT2D eigenvalue weighted by Gasteiger charge is -2.11. The number of carbonyl (C=O) groups excluding carboxylic acids is 1. The zero-order valence-corrected chi connectivity index (χ0v) is 10.1. The number of hydrogen-bond acceptors (Lipinski definition) is 5. The number of nitrogens with one attached hydrogen (secondary N) is 1. The topological polar surface area (TPSA) is 134 Å². The molecule has 1 amide bonds. The summed E-state index contributed by atoms with van der Waals surface area (Å²) in [4.78, 5) is 37.3. The highest BCUT2D eigenvalue weighted by molar-refractivity contribution is 6.02. The zero-order valence-electron chi connectivity index (χ0n) is 10.1. The van der Waals surface area contributed by atoms with Gasteiger partial charge in [-0.1, -0.05) is 0 Å². The Morgan fingerprint density at radius 1 is 1.30 bits per heavy atom. The number of nitrogens with zero attached hydrogens (tertiary/aromatic N) is 3. The molecule has 0 aromatic carbocycles. The van der Waals surface area contributed by atoms with Crippen LogP contribution in [0.1, 0.15) is 16.8 Å². The molecule has 9 nitrogen and oxygen atoms in total. The molecular weight excluding hydrogens is 268 g/mol. The molecule has 0 spiro atoms. The summed E-state index contributed by atoms with van der Waals surface area (Å²) >= 11 is 0. The second kappa shape index (κ2) is 5.34. The Morgan fingerprint density at radius 3 is 2.70 bits per heavy atom. The van der Waals surface area contributed by atoms with Crippen LogP contribution >= 0.6 is 0 Å². The maximum absolute atomic E-state index is 12.0. The molecule has 0 aliphatic heterocycles. The number of carboxylic acid groups (broad SMARTS) is 2. The molecule has 20 heavy (non-hydrogen) atoms. The van der Waals surface area contributed by atoms with Gasteiger partial charge in [-0.05, 0) is 0 Å². The molecule has 2 rings (SSSR count). The number of carbonyl (C=O) groups is 3. The Labute approximate surface area is 111 Å². The fourth-order valence-electron chi connectivity index (χ4n) is 1.62. The molecule has 9 heteroatoms. The normalized spacial score (nSPS) is 12.0. The van der Waals surface area contributed by atoms with Gasteiger partial charge in [-0.25, -0.2) is 9.31 Å². The Balaban J connectivity index is 2.22. The van der Waals surface area contributed by atoms with Crippen LogP contribution in [-0.4, -0.2) is 48.7 Å². The number of aliphatic carboxylic acids is 2. The molecule has 0 radical (unpaired) electrons. The van der Waals surface area contributed by atoms with Crippen LogP contribution < -0.4 is 5.32 Å². The van der Waals surface area contributed by atoms with Gasteiger partial charge < -0.3 is 15.5 Å². The number of aromatic nitrogens is 3. The van der Waals surface area contributed by atoms with Crippen molar-refractivity contribution in [2.24, 2.45) is 0 Å². The first-order valence-electron chi connectivity index (χ1n) is 5.52. The first kappa shape index (κ1) is 13.5. The lowest BCUT2D eigenvalue weighted by molar-refractivity contribution is -0.145. The lowest BCUT2D eigenvalue weighted by atomic mass is 10.2. The first-order chi connectivity index (χ1) is 9.49. The van der Waals surface area contributed by atoms with Gasteiger partial charge in [0.15, 0.2) is 0 Å². The van der Waals surface area contributed by atoms with E-state index < -0.39 is 30.3 Å². The maximum Gasteiger partial charge on any atom is 0.326 e. The average molecular weight is 278 g/mol. The quantitative estimate of drug-likeness (QED) is 0.663. The molecule has 0 aliphatic rings. The van der Waals surface area contributed by atoms with E-state index in [1.807, 2.05) is 0 Å². The third-order valence-electron chi connectivity index (χ3n) is 2.55. The van der Waals surface area contributed by atoms with Crippen LogP contribution in [0.25, 0.3) is 5.52 Å². The summed E-state index contributed by atoms with van der Waals surface area (Å²) in [5, 5.41) is 23.5. The van der Waals surface area contributed by atoms with Crippen LogP contribution in [0.2, 0.25) is 0 Å². The molecule has 1 atom stereocenters. The lowest BCUT2D eigenvalue weighted by Crippen LogP contribution is -2.42. The van der Waals surface area contributed by atoms with Crippen molar-refractivity contribution in [1.29, 1.82) is 0 Å². The molecule has 3 N–H and O–H groups in total. The van der Waals surface area contributed by atoms with E-state index >= 15 is 0 Å². The highest BCUT2D eigenvalue weighted by Crippen LogP contribution is 2.09. The molecule has 0 aliphatic carbocycles. The van der Waals surface area contributed by atoms with Crippen LogP contribution in [-0.2, 0) is 9.59 Å². The summed E-state index contributed by atoms with van der Waals surface area (Å²) in [6, 6.07) is -1.51. The average Bonchev–Trinajstić information content (AvgIpc) is 2.81. The molecule has 2 aromatic rings. The van der Waals surface area contributed by atoms with E-state index in [0.29, 0.717) is 5.52 Å². The van der Waals surface area contributed by atoms with Crippen molar-refractivity contribution in [2.75, 3.05) is 0 Å². The van der Waals surface area contributed by atoms with Crippen LogP contribution in [0.5, 0.6) is 0 Å². The summed E-state index contributed by atoms with van der Waals surface area (Å²) in [6.45, 7) is 0. The minimum absolute atomic E-state index is 0.120. The molecule has 0 saturated heterocycles. The number of carboxylic acids is 2. The zero-order chi connectivity index (χ0) is 14.7. The number of rotatable bonds is 5. The highest BCUT2D eigenvalue weighted by Gasteiger charge is 2.24. The van der Waals surface area contributed by atoms with Gasteiger partial charge in [0.25, 0.3) is 5.91 Å². The molecule has 1 unspecified atom stereocenters. The standard InChI is InChI=1S/C11H10N4O5/c16-9(17)3-7(11(19)20)14-10(18)6-4-13-15-2-1-12-5-8(6)15/h1-2,4-5,7H,3H2,(H,14,18)(H,16,17)(H,19,20). The van der Waals surface area contributed by atoms with Gasteiger partial charge >= 0.3 is 11.9 Å². The molecule has 0 bridgehead atoms. The van der Waals surface area contributed by atoms with Crippen LogP contribution in [0.3, 0.4) is 0 Å². The van der Waals surface area contributed by atoms with Crippen LogP contribution in [0.4, 0.5) is 0 Å². The number of amides is 1. The molecule has 0 saturated carbocycles. The Morgan fingerprint density at radius 2 is 2.05 bits per heavy atom. The maximum atomic E-state index is 12.0. The minimum Gasteiger partial charge on any atom is -0.481 e. The SMILES string of the molecule is O=C(O)CC(NC(=O)c1cnn2ccncc12)C(=O)O. The van der Waals surface area contributed by atoms with E-state index in [1.54, 1.807) is 0 Å². The monoisotopic (exact) mass is 278 g/mol. The van der Waals surface area contributed by atoms with E-state index in [4.69, 9.17) is 10.2 Å². The summed E-state index contributed by atoms with van der Waals surface area (Å²) in [6.07, 6.45) is 4.95. The molecular formula is C11H10N4O5. The summed E-state index contributed by atoms with van der Waals surface area (Å²) in [5.41, 5.74) is 0.513. The number of fused-ring (bicyclic) bond motifs is 1. The van der Waals surface area contributed by atoms with Crippen LogP contribution in [0, 0.1) is 0 Å². The van der Waals surface area contributed by atoms with Gasteiger partial charge in [0.1, 0.15) is 6.04 Å². The summed E-state index contributed by atoms with van der Waals surface area (Å²) in [7, 11) is 0. The van der Waals surface area contributed by atoms with Crippen molar-refractivity contribution in [3.8, 4) is 0 Å². The third-order valence-corrected chi connectivity index (χ3v) is 2.55. The van der Waals surface area contributed by atoms with Crippen LogP contribution in [0.15, 0.2) is 24.8 Å². The van der Waals surface area contributed by atoms with Crippen molar-refractivity contribution < 1.29 is 24.6 Å². The second-order valence-electron chi connectivity index (χ2n) is 3.93. The van der Waals surface area contributed by atoms with E-state index in [0.717, 1.165) is 0 Å². The van der Waals surface area contributed by atoms with Crippen molar-refractivity contribution in [3.63, 3.8) is 0 Å². The van der Waals surface area contributed by atoms with Gasteiger partial charge in [0.2, 0.25) is 0 Å². The van der Waals surface area contributed by atoms with Gasteiger partial charge in [-0.3, -0.25) is 14.6 Å². The summed E-state index contributed by atoms with van der Waals surface area (Å²) in [5.74, 6) is -3.46. The van der Waals surface area contributed by atoms with Crippen molar-refractivity contribution in [3.05, 3.63) is 30.4 Å². The Kier molecular flexibility index (Phi) is 3.60. The van der Waals surface area contributed by atoms with E-state index in [2.05, 4.69) is 15.4 Å². The first-order valence-corrected chi connectivity index (χ1v) is 5.52. The van der Waals surface area contributed by atoms with Crippen molar-refractivity contribution in [2.45, 2.75) is 12.5 Å². The van der Waals surface area contributed by atoms with Crippen molar-refractivity contribution in [1.82, 2.24) is 19.9 Å². The molecule has 2 heterocycles. The van der Waals surface area contributed by atoms with Gasteiger partial charge in [0.05, 0.1) is 29.9 Å². The smallest absolute Gasteiger partial charge is 0.326 e. The van der Waals surface area contributed by atoms with Crippen molar-refractivity contribution >= 4 is 23.4 Å². The molecule has 0 fully saturated rings. The largest absolute Gasteiger partial charge is 0.481 e. The van der Waals surface area contributed by atoms with Gasteiger partial charge in [-0.15, -0.1) is 0 Å². The van der Waals surface area contributed by atoms with E-state index in [-0.39, 0.29) is 5.56 Å². The summed E-state index contributed by atoms with van der Waals surface area (Å²) < 4.78 is 1.40. The Hall–Kier alpha value is -2.97. The van der Waals surface area contributed by atoms with E-state index in [1.165, 1.54) is 29.3 Å². The van der Waals surface area contributed by atoms with Gasteiger partial charge in [-0.2, -0.15) is 5.10 Å². The highest BCUT2D eigenvalue weighted by atomic mass is 16.4. The third kappa shape index (κ3) is 2.71. The predicted octanol–water partition coefficient (Wildman–Crippen LogP) is -0.613. The fourth-order valence-corrected chi connectivity index (χ4v) is 1.62. The Bertz CT molecular complexity index is 680. The second-order valence-corrected chi connectivity index (χ2v) is 3.93. The minimum atomic E-state index is -1.51.